The van der Waals surface area contributed by atoms with Crippen molar-refractivity contribution in [2.45, 2.75) is 15.7 Å². The summed E-state index contributed by atoms with van der Waals surface area (Å²) in [6.45, 7) is 0. The summed E-state index contributed by atoms with van der Waals surface area (Å²) in [5, 5.41) is 7.00. The zero-order valence-electron chi connectivity index (χ0n) is 3.50. The minimum atomic E-state index is -0.333. The maximum atomic E-state index is 2.33. The van der Waals surface area contributed by atoms with E-state index in [-0.39, 0.29) is 17.9 Å². The van der Waals surface area contributed by atoms with Crippen molar-refractivity contribution in [3.05, 3.63) is 0 Å². The quantitative estimate of drug-likeness (QED) is 0.400. The van der Waals surface area contributed by atoms with Crippen LogP contribution in [0.15, 0.2) is 0 Å². The summed E-state index contributed by atoms with van der Waals surface area (Å²) in [5.74, 6) is 0. The van der Waals surface area contributed by atoms with Crippen molar-refractivity contribution in [2.75, 3.05) is 0 Å². The fourth-order valence-corrected chi connectivity index (χ4v) is 0. The van der Waals surface area contributed by atoms with Crippen LogP contribution in [-0.2, 0) is 17.9 Å². The Kier molecular flexibility index (Phi) is 2.34. The number of hydrogen-bond donors (Lipinski definition) is 0. The van der Waals surface area contributed by atoms with Gasteiger partial charge in [0.05, 0.1) is 0 Å². The molecule has 0 aliphatic rings. The van der Waals surface area contributed by atoms with Gasteiger partial charge in [0, 0.05) is 0 Å². The van der Waals surface area contributed by atoms with E-state index in [1.807, 2.05) is 0 Å². The fourth-order valence-electron chi connectivity index (χ4n) is 0. The van der Waals surface area contributed by atoms with Crippen LogP contribution in [0.3, 0.4) is 0 Å². The van der Waals surface area contributed by atoms with E-state index in [1.165, 1.54) is 0 Å². The monoisotopic (exact) mass is 93.0 g/mol. The third kappa shape index (κ3) is 15.6. The Balaban J connectivity index is 2.32. The summed E-state index contributed by atoms with van der Waals surface area (Å²) in [5.41, 5.74) is 0. The first-order valence-corrected chi connectivity index (χ1v) is 6.18. The molecule has 0 aromatic rings. The molecule has 0 atom stereocenters. The molecule has 0 saturated heterocycles. The molecule has 0 aliphatic heterocycles. The Hall–Kier alpha value is 0.714. The van der Waals surface area contributed by atoms with Crippen molar-refractivity contribution in [1.82, 2.24) is 0 Å². The Bertz CT molecular complexity index is 8.00. The van der Waals surface area contributed by atoms with Crippen molar-refractivity contribution >= 4 is 0 Å². The molecule has 0 radical (unpaired) electrons. The van der Waals surface area contributed by atoms with Crippen LogP contribution in [0.1, 0.15) is 0 Å². The molecule has 0 bridgehead atoms. The van der Waals surface area contributed by atoms with E-state index in [0.717, 1.165) is 0 Å². The van der Waals surface area contributed by atoms with Crippen LogP contribution < -0.4 is 0 Å². The second-order valence-electron chi connectivity index (χ2n) is 1.50. The van der Waals surface area contributed by atoms with E-state index in [1.54, 1.807) is 0 Å². The van der Waals surface area contributed by atoms with E-state index in [4.69, 9.17) is 0 Å². The summed E-state index contributed by atoms with van der Waals surface area (Å²) < 4.78 is 0. The maximum absolute atomic E-state index is 2.33. The predicted octanol–water partition coefficient (Wildman–Crippen LogP) is 1.75. The first-order chi connectivity index (χ1) is 1.73. The van der Waals surface area contributed by atoms with E-state index in [2.05, 4.69) is 15.7 Å². The summed E-state index contributed by atoms with van der Waals surface area (Å²) in [7, 11) is 0. The van der Waals surface area contributed by atoms with E-state index in [9.17, 15) is 0 Å². The molecule has 0 unspecified atom stereocenters. The van der Waals surface area contributed by atoms with Crippen LogP contribution >= 0.6 is 0 Å². The molecule has 0 fully saturated rings. The molecule has 0 rings (SSSR count). The van der Waals surface area contributed by atoms with E-state index < -0.39 is 0 Å². The minimum absolute atomic E-state index is 0.333. The first kappa shape index (κ1) is 4.71. The Labute approximate surface area is 34.0 Å². The number of rotatable bonds is 0. The van der Waals surface area contributed by atoms with Gasteiger partial charge in [-0.05, 0) is 0 Å². The zero-order valence-corrected chi connectivity index (χ0v) is 5.06. The summed E-state index contributed by atoms with van der Waals surface area (Å²) >= 11 is -0.333. The second-order valence-corrected chi connectivity index (χ2v) is 6.18. The molecule has 0 spiro atoms. The standard InChI is InChI=1S/3CH3.Ti/h3*1H3;. The molecule has 0 heterocycles. The van der Waals surface area contributed by atoms with Crippen molar-refractivity contribution in [1.29, 1.82) is 0 Å². The summed E-state index contributed by atoms with van der Waals surface area (Å²) in [6, 6.07) is 0. The molecule has 0 aliphatic carbocycles. The molecule has 1 heteroatoms. The second kappa shape index (κ2) is 1.98. The summed E-state index contributed by atoms with van der Waals surface area (Å²) in [6.07, 6.45) is 0. The molecule has 25 valence electrons. The van der Waals surface area contributed by atoms with Gasteiger partial charge in [-0.15, -0.1) is 0 Å². The van der Waals surface area contributed by atoms with Gasteiger partial charge in [0.1, 0.15) is 0 Å². The third-order valence-electron chi connectivity index (χ3n) is 0. The van der Waals surface area contributed by atoms with Gasteiger partial charge in [-0.2, -0.15) is 0 Å². The van der Waals surface area contributed by atoms with Gasteiger partial charge in [-0.1, -0.05) is 0 Å². The van der Waals surface area contributed by atoms with E-state index in [0.29, 0.717) is 0 Å². The molecule has 0 aromatic carbocycles. The van der Waals surface area contributed by atoms with Gasteiger partial charge in [0.2, 0.25) is 0 Å². The average Bonchev–Trinajstić information content (AvgIpc) is 0.811. The molecule has 0 amide bonds. The molecule has 0 aromatic heterocycles. The normalized spacial score (nSPS) is 6.75. The van der Waals surface area contributed by atoms with Crippen LogP contribution in [-0.4, -0.2) is 0 Å². The topological polar surface area (TPSA) is 0 Å². The van der Waals surface area contributed by atoms with Crippen molar-refractivity contribution in [2.24, 2.45) is 0 Å². The van der Waals surface area contributed by atoms with Gasteiger partial charge in [-0.3, -0.25) is 0 Å². The van der Waals surface area contributed by atoms with Crippen molar-refractivity contribution in [3.8, 4) is 0 Å². The van der Waals surface area contributed by atoms with E-state index >= 15 is 0 Å². The zero-order chi connectivity index (χ0) is 3.58. The SMILES string of the molecule is [CH3][Ti]([CH3])[CH3]. The third-order valence-corrected chi connectivity index (χ3v) is 0. The van der Waals surface area contributed by atoms with Gasteiger partial charge in [-0.25, -0.2) is 0 Å². The molecule has 0 nitrogen and oxygen atoms in total. The first-order valence-electron chi connectivity index (χ1n) is 1.50. The number of hydrogen-bond acceptors (Lipinski definition) is 0. The summed E-state index contributed by atoms with van der Waals surface area (Å²) in [4.78, 5) is 0. The molecule has 4 heavy (non-hydrogen) atoms. The van der Waals surface area contributed by atoms with Gasteiger partial charge < -0.3 is 0 Å². The molecular formula is C3H9Ti. The van der Waals surface area contributed by atoms with Crippen molar-refractivity contribution < 1.29 is 17.9 Å². The van der Waals surface area contributed by atoms with Crippen LogP contribution in [0, 0.1) is 0 Å². The average molecular weight is 93.0 g/mol. The van der Waals surface area contributed by atoms with Gasteiger partial charge in [0.15, 0.2) is 0 Å². The van der Waals surface area contributed by atoms with Crippen LogP contribution in [0.4, 0.5) is 0 Å². The fraction of sp³-hybridized carbons (Fsp3) is 1.00. The molecule has 0 saturated carbocycles. The van der Waals surface area contributed by atoms with Gasteiger partial charge >= 0.3 is 33.6 Å². The van der Waals surface area contributed by atoms with Crippen LogP contribution in [0.2, 0.25) is 15.7 Å². The molecular weight excluding hydrogens is 83.9 g/mol. The Morgan fingerprint density at radius 3 is 1.00 bits per heavy atom. The van der Waals surface area contributed by atoms with Gasteiger partial charge in [0.25, 0.3) is 0 Å². The van der Waals surface area contributed by atoms with Crippen LogP contribution in [0.5, 0.6) is 0 Å². The Morgan fingerprint density at radius 2 is 1.00 bits per heavy atom. The van der Waals surface area contributed by atoms with Crippen LogP contribution in [0.25, 0.3) is 0 Å². The predicted molar refractivity (Wildman–Crippen MR) is 17.6 cm³/mol. The molecule has 0 N–H and O–H groups in total. The Morgan fingerprint density at radius 1 is 1.00 bits per heavy atom. The van der Waals surface area contributed by atoms with Crippen molar-refractivity contribution in [3.63, 3.8) is 0 Å².